The van der Waals surface area contributed by atoms with Crippen molar-refractivity contribution in [2.45, 2.75) is 54.2 Å². The van der Waals surface area contributed by atoms with Crippen molar-refractivity contribution in [2.24, 2.45) is 0 Å². The topological polar surface area (TPSA) is 128 Å². The Labute approximate surface area is 259 Å². The first-order valence-electron chi connectivity index (χ1n) is 14.7. The molecule has 6 rings (SSSR count). The van der Waals surface area contributed by atoms with Gasteiger partial charge < -0.3 is 25.4 Å². The van der Waals surface area contributed by atoms with Crippen LogP contribution in [0.1, 0.15) is 35.6 Å². The van der Waals surface area contributed by atoms with E-state index in [1.54, 1.807) is 30.3 Å². The van der Waals surface area contributed by atoms with Crippen LogP contribution in [0, 0.1) is 0 Å². The second-order valence-electron chi connectivity index (χ2n) is 11.4. The van der Waals surface area contributed by atoms with Crippen LogP contribution in [0.2, 0.25) is 0 Å². The van der Waals surface area contributed by atoms with Crippen LogP contribution in [-0.4, -0.2) is 74.1 Å². The summed E-state index contributed by atoms with van der Waals surface area (Å²) in [7, 11) is 0. The third-order valence-electron chi connectivity index (χ3n) is 8.56. The number of fused-ring (bicyclic) bond motifs is 1. The second kappa shape index (κ2) is 12.7. The van der Waals surface area contributed by atoms with Crippen molar-refractivity contribution >= 4 is 35.6 Å². The molecule has 3 aromatic rings. The highest BCUT2D eigenvalue weighted by molar-refractivity contribution is 8.01. The average molecular weight is 615 g/mol. The van der Waals surface area contributed by atoms with Gasteiger partial charge in [-0.2, -0.15) is 0 Å². The normalized spacial score (nSPS) is 22.9. The number of thioether (sulfide) groups is 1. The predicted octanol–water partition coefficient (Wildman–Crippen LogP) is 3.54. The van der Waals surface area contributed by atoms with Gasteiger partial charge in [0.1, 0.15) is 30.1 Å². The lowest BCUT2D eigenvalue weighted by Crippen LogP contribution is -2.71. The highest BCUT2D eigenvalue weighted by Crippen LogP contribution is 2.55. The van der Waals surface area contributed by atoms with E-state index in [-0.39, 0.29) is 6.61 Å². The molecule has 1 spiro atoms. The van der Waals surface area contributed by atoms with Gasteiger partial charge in [0.2, 0.25) is 11.8 Å². The number of aliphatic carboxylic acids is 1. The summed E-state index contributed by atoms with van der Waals surface area (Å²) < 4.78 is 4.71. The summed E-state index contributed by atoms with van der Waals surface area (Å²) >= 11 is 1.48. The van der Waals surface area contributed by atoms with E-state index >= 15 is 0 Å². The number of amides is 3. The van der Waals surface area contributed by atoms with Crippen molar-refractivity contribution in [1.29, 1.82) is 0 Å². The molecular weight excluding hydrogens is 580 g/mol. The van der Waals surface area contributed by atoms with Gasteiger partial charge in [-0.3, -0.25) is 14.5 Å². The van der Waals surface area contributed by atoms with Crippen molar-refractivity contribution < 1.29 is 29.0 Å². The first-order valence-corrected chi connectivity index (χ1v) is 15.5. The molecule has 0 saturated carbocycles. The summed E-state index contributed by atoms with van der Waals surface area (Å²) in [6.45, 7) is 2.24. The number of hydrogen-bond acceptors (Lipinski definition) is 7. The molecular formula is C33H34N4O6S. The number of likely N-dealkylation sites (tertiary alicyclic amines) is 1. The van der Waals surface area contributed by atoms with Gasteiger partial charge in [0.15, 0.2) is 0 Å². The van der Waals surface area contributed by atoms with Gasteiger partial charge in [0, 0.05) is 6.54 Å². The minimum Gasteiger partial charge on any atom is -0.480 e. The standard InChI is InChI=1S/C33H34N4O6S/c38-28(25(24-14-8-3-9-15-24)35-32(42)43-21-23-12-6-2-7-13-23)34-26-29(39)37-27(31(40)41)33(44-30(26)37)16-18-36(19-17-33)20-22-10-4-1-5-11-22/h1-15,25-27,30H,16-21H2,(H,34,38)(H,35,42)(H,40,41)/t25?,26?,27?,30-/m0/s1. The molecule has 228 valence electrons. The molecule has 0 aliphatic carbocycles. The van der Waals surface area contributed by atoms with Gasteiger partial charge in [0.05, 0.1) is 4.75 Å². The first-order chi connectivity index (χ1) is 21.3. The Morgan fingerprint density at radius 2 is 1.50 bits per heavy atom. The number of hydrogen-bond donors (Lipinski definition) is 3. The van der Waals surface area contributed by atoms with E-state index < -0.39 is 52.1 Å². The number of rotatable bonds is 9. The molecule has 10 nitrogen and oxygen atoms in total. The smallest absolute Gasteiger partial charge is 0.408 e. The summed E-state index contributed by atoms with van der Waals surface area (Å²) in [5.41, 5.74) is 2.52. The fourth-order valence-electron chi connectivity index (χ4n) is 6.31. The SMILES string of the molecule is O=C(NC(C(=O)NC1C(=O)N2C(C(=O)O)C3(CCN(Cc4ccccc4)CC3)S[C@@H]12)c1ccccc1)OCc1ccccc1. The van der Waals surface area contributed by atoms with E-state index in [0.29, 0.717) is 31.5 Å². The zero-order valence-corrected chi connectivity index (χ0v) is 24.8. The Morgan fingerprint density at radius 1 is 0.909 bits per heavy atom. The number of carboxylic acids is 1. The van der Waals surface area contributed by atoms with Crippen LogP contribution in [0.25, 0.3) is 0 Å². The quantitative estimate of drug-likeness (QED) is 0.313. The lowest BCUT2D eigenvalue weighted by Gasteiger charge is -2.44. The Morgan fingerprint density at radius 3 is 2.11 bits per heavy atom. The number of carbonyl (C=O) groups is 4. The number of nitrogens with zero attached hydrogens (tertiary/aromatic N) is 2. The van der Waals surface area contributed by atoms with E-state index in [1.807, 2.05) is 48.5 Å². The molecule has 3 heterocycles. The number of alkyl carbamates (subject to hydrolysis) is 1. The van der Waals surface area contributed by atoms with Crippen molar-refractivity contribution in [3.8, 4) is 0 Å². The zero-order chi connectivity index (χ0) is 30.7. The molecule has 3 aliphatic rings. The van der Waals surface area contributed by atoms with E-state index in [1.165, 1.54) is 22.2 Å². The molecule has 3 amide bonds. The lowest BCUT2D eigenvalue weighted by molar-refractivity contribution is -0.162. The summed E-state index contributed by atoms with van der Waals surface area (Å²) in [4.78, 5) is 56.0. The molecule has 3 aliphatic heterocycles. The Bertz CT molecular complexity index is 1500. The number of ether oxygens (including phenoxy) is 1. The number of β-lactam (4-membered cyclic amide) rings is 1. The minimum atomic E-state index is -1.11. The van der Waals surface area contributed by atoms with Gasteiger partial charge >= 0.3 is 12.1 Å². The van der Waals surface area contributed by atoms with Gasteiger partial charge in [0.25, 0.3) is 0 Å². The minimum absolute atomic E-state index is 0.0338. The number of carbonyl (C=O) groups excluding carboxylic acids is 3. The van der Waals surface area contributed by atoms with Crippen molar-refractivity contribution in [2.75, 3.05) is 13.1 Å². The third-order valence-corrected chi connectivity index (χ3v) is 10.4. The highest BCUT2D eigenvalue weighted by atomic mass is 32.2. The Hall–Kier alpha value is -4.35. The third kappa shape index (κ3) is 6.02. The summed E-state index contributed by atoms with van der Waals surface area (Å²) in [5, 5.41) is 15.2. The van der Waals surface area contributed by atoms with Gasteiger partial charge in [-0.05, 0) is 42.6 Å². The summed E-state index contributed by atoms with van der Waals surface area (Å²) in [6, 6.07) is 25.1. The van der Waals surface area contributed by atoms with Crippen LogP contribution in [0.3, 0.4) is 0 Å². The number of carboxylic acid groups (broad SMARTS) is 1. The largest absolute Gasteiger partial charge is 0.480 e. The van der Waals surface area contributed by atoms with Crippen LogP contribution >= 0.6 is 11.8 Å². The van der Waals surface area contributed by atoms with Crippen molar-refractivity contribution in [1.82, 2.24) is 20.4 Å². The fraction of sp³-hybridized carbons (Fsp3) is 0.333. The summed E-state index contributed by atoms with van der Waals surface area (Å²) in [6.07, 6.45) is 0.454. The van der Waals surface area contributed by atoms with Crippen LogP contribution in [0.4, 0.5) is 4.79 Å². The molecule has 44 heavy (non-hydrogen) atoms. The molecule has 3 N–H and O–H groups in total. The number of piperidine rings is 1. The van der Waals surface area contributed by atoms with Crippen LogP contribution in [0.5, 0.6) is 0 Å². The Kier molecular flexibility index (Phi) is 8.58. The molecule has 0 radical (unpaired) electrons. The van der Waals surface area contributed by atoms with E-state index in [4.69, 9.17) is 4.74 Å². The zero-order valence-electron chi connectivity index (χ0n) is 24.0. The number of benzene rings is 3. The second-order valence-corrected chi connectivity index (χ2v) is 12.9. The van der Waals surface area contributed by atoms with Gasteiger partial charge in [-0.1, -0.05) is 91.0 Å². The maximum absolute atomic E-state index is 13.6. The average Bonchev–Trinajstić information content (AvgIpc) is 3.35. The lowest BCUT2D eigenvalue weighted by atomic mass is 9.85. The van der Waals surface area contributed by atoms with Crippen LogP contribution in [0.15, 0.2) is 91.0 Å². The Balaban J connectivity index is 1.12. The van der Waals surface area contributed by atoms with Crippen molar-refractivity contribution in [3.63, 3.8) is 0 Å². The van der Waals surface area contributed by atoms with Crippen molar-refractivity contribution in [3.05, 3.63) is 108 Å². The van der Waals surface area contributed by atoms with Crippen LogP contribution < -0.4 is 10.6 Å². The molecule has 3 aromatic carbocycles. The summed E-state index contributed by atoms with van der Waals surface area (Å²) in [5.74, 6) is -2.03. The fourth-order valence-corrected chi connectivity index (χ4v) is 8.21. The molecule has 0 bridgehead atoms. The molecule has 3 saturated heterocycles. The highest BCUT2D eigenvalue weighted by Gasteiger charge is 2.67. The van der Waals surface area contributed by atoms with Gasteiger partial charge in [-0.25, -0.2) is 9.59 Å². The number of nitrogens with one attached hydrogen (secondary N) is 2. The first kappa shape index (κ1) is 29.7. The maximum Gasteiger partial charge on any atom is 0.408 e. The predicted molar refractivity (Wildman–Crippen MR) is 164 cm³/mol. The van der Waals surface area contributed by atoms with E-state index in [2.05, 4.69) is 27.7 Å². The van der Waals surface area contributed by atoms with Gasteiger partial charge in [-0.15, -0.1) is 11.8 Å². The van der Waals surface area contributed by atoms with Crippen LogP contribution in [-0.2, 0) is 32.3 Å². The van der Waals surface area contributed by atoms with E-state index in [0.717, 1.165) is 12.1 Å². The van der Waals surface area contributed by atoms with E-state index in [9.17, 15) is 24.3 Å². The molecule has 3 fully saturated rings. The molecule has 0 aromatic heterocycles. The molecule has 3 unspecified atom stereocenters. The molecule has 4 atom stereocenters. The molecule has 11 heteroatoms. The maximum atomic E-state index is 13.6. The monoisotopic (exact) mass is 614 g/mol.